The van der Waals surface area contributed by atoms with Gasteiger partial charge in [0.2, 0.25) is 5.91 Å². The molecule has 192 valence electrons. The molecule has 8 nitrogen and oxygen atoms in total. The van der Waals surface area contributed by atoms with Crippen molar-refractivity contribution < 1.29 is 18.4 Å². The van der Waals surface area contributed by atoms with Crippen LogP contribution in [0.3, 0.4) is 0 Å². The minimum Gasteiger partial charge on any atom is -0.459 e. The van der Waals surface area contributed by atoms with Crippen LogP contribution >= 0.6 is 0 Å². The summed E-state index contributed by atoms with van der Waals surface area (Å²) in [5.41, 5.74) is 6.45. The van der Waals surface area contributed by atoms with Crippen LogP contribution in [0, 0.1) is 5.82 Å². The summed E-state index contributed by atoms with van der Waals surface area (Å²) < 4.78 is 20.4. The van der Waals surface area contributed by atoms with Crippen molar-refractivity contribution in [3.05, 3.63) is 95.0 Å². The van der Waals surface area contributed by atoms with Gasteiger partial charge in [-0.25, -0.2) is 4.39 Å². The zero-order valence-electron chi connectivity index (χ0n) is 21.1. The van der Waals surface area contributed by atoms with Crippen LogP contribution in [0.15, 0.2) is 71.1 Å². The number of carbonyl (C=O) groups is 2. The predicted octanol–water partition coefficient (Wildman–Crippen LogP) is 3.97. The Labute approximate surface area is 218 Å². The minimum absolute atomic E-state index is 0.192. The Morgan fingerprint density at radius 3 is 2.79 bits per heavy atom. The maximum Gasteiger partial charge on any atom is 0.290 e. The van der Waals surface area contributed by atoms with Crippen molar-refractivity contribution in [3.63, 3.8) is 0 Å². The summed E-state index contributed by atoms with van der Waals surface area (Å²) in [6, 6.07) is 11.8. The molecule has 2 amide bonds. The second-order valence-corrected chi connectivity index (χ2v) is 9.66. The number of carbonyl (C=O) groups excluding carboxylic acids is 2. The van der Waals surface area contributed by atoms with Crippen LogP contribution in [0.25, 0.3) is 16.6 Å². The Morgan fingerprint density at radius 2 is 1.97 bits per heavy atom. The largest absolute Gasteiger partial charge is 0.459 e. The standard InChI is InChI=1S/C29H26FN5O3/c1-31-28(36)25-14-21-19(12-17-4-3-5-22(30)26(17)21)16-35(25)29(37)27-18(8-11-38-27)15-34(2)20-6-7-23-24(13-20)33-10-9-32-23/h3-11,13,25H,12,14-16H2,1-2H3,(H,31,36)/t25-/m1/s1. The fourth-order valence-electron chi connectivity index (χ4n) is 5.51. The van der Waals surface area contributed by atoms with Crippen LogP contribution < -0.4 is 10.2 Å². The molecular formula is C29H26FN5O3. The van der Waals surface area contributed by atoms with Crippen LogP contribution in [0.5, 0.6) is 0 Å². The SMILES string of the molecule is CNC(=O)[C@H]1CC2=C(Cc3cccc(F)c32)CN1C(=O)c1occc1CN(C)c1ccc2nccnc2c1. The molecule has 0 bridgehead atoms. The van der Waals surface area contributed by atoms with E-state index < -0.39 is 6.04 Å². The van der Waals surface area contributed by atoms with Gasteiger partial charge in [-0.1, -0.05) is 12.1 Å². The molecule has 4 aromatic rings. The molecule has 2 aliphatic rings. The van der Waals surface area contributed by atoms with E-state index in [4.69, 9.17) is 4.42 Å². The summed E-state index contributed by atoms with van der Waals surface area (Å²) in [5.74, 6) is -0.757. The Hall–Kier alpha value is -4.53. The molecule has 9 heteroatoms. The Balaban J connectivity index is 1.28. The zero-order valence-corrected chi connectivity index (χ0v) is 21.1. The summed E-state index contributed by atoms with van der Waals surface area (Å²) in [5, 5.41) is 2.67. The van der Waals surface area contributed by atoms with Crippen molar-refractivity contribution in [2.75, 3.05) is 25.5 Å². The van der Waals surface area contributed by atoms with Crippen molar-refractivity contribution in [2.24, 2.45) is 0 Å². The second-order valence-electron chi connectivity index (χ2n) is 9.66. The molecule has 38 heavy (non-hydrogen) atoms. The van der Waals surface area contributed by atoms with E-state index in [2.05, 4.69) is 15.3 Å². The van der Waals surface area contributed by atoms with E-state index in [9.17, 15) is 14.0 Å². The normalized spacial score (nSPS) is 16.4. The zero-order chi connectivity index (χ0) is 26.4. The number of hydrogen-bond acceptors (Lipinski definition) is 6. The molecule has 0 spiro atoms. The molecule has 2 aromatic heterocycles. The van der Waals surface area contributed by atoms with Crippen molar-refractivity contribution in [1.29, 1.82) is 0 Å². The number of aromatic nitrogens is 2. The summed E-state index contributed by atoms with van der Waals surface area (Å²) >= 11 is 0. The van der Waals surface area contributed by atoms with E-state index in [0.717, 1.165) is 33.4 Å². The van der Waals surface area contributed by atoms with Gasteiger partial charge in [-0.15, -0.1) is 0 Å². The smallest absolute Gasteiger partial charge is 0.290 e. The van der Waals surface area contributed by atoms with Crippen LogP contribution in [-0.2, 0) is 17.8 Å². The van der Waals surface area contributed by atoms with Crippen LogP contribution in [0.1, 0.15) is 33.7 Å². The fourth-order valence-corrected chi connectivity index (χ4v) is 5.51. The molecule has 6 rings (SSSR count). The molecule has 1 atom stereocenters. The number of fused-ring (bicyclic) bond motifs is 3. The molecule has 0 radical (unpaired) electrons. The first-order valence-electron chi connectivity index (χ1n) is 12.4. The average molecular weight is 512 g/mol. The second kappa shape index (κ2) is 9.41. The van der Waals surface area contributed by atoms with E-state index in [1.807, 2.05) is 36.2 Å². The number of nitrogens with zero attached hydrogens (tertiary/aromatic N) is 4. The number of benzene rings is 2. The maximum absolute atomic E-state index is 14.7. The van der Waals surface area contributed by atoms with Gasteiger partial charge >= 0.3 is 0 Å². The predicted molar refractivity (Wildman–Crippen MR) is 141 cm³/mol. The first kappa shape index (κ1) is 23.8. The van der Waals surface area contributed by atoms with Gasteiger partial charge in [0, 0.05) is 62.8 Å². The van der Waals surface area contributed by atoms with Crippen molar-refractivity contribution in [3.8, 4) is 0 Å². The number of anilines is 1. The molecule has 0 fully saturated rings. The average Bonchev–Trinajstić information content (AvgIpc) is 3.55. The van der Waals surface area contributed by atoms with E-state index in [0.29, 0.717) is 24.1 Å². The summed E-state index contributed by atoms with van der Waals surface area (Å²) in [4.78, 5) is 39.0. The van der Waals surface area contributed by atoms with E-state index in [-0.39, 0.29) is 36.4 Å². The third-order valence-corrected chi connectivity index (χ3v) is 7.42. The molecule has 2 aromatic carbocycles. The molecule has 1 aliphatic carbocycles. The summed E-state index contributed by atoms with van der Waals surface area (Å²) in [6.45, 7) is 0.645. The van der Waals surface area contributed by atoms with E-state index in [1.54, 1.807) is 36.5 Å². The minimum atomic E-state index is -0.772. The lowest BCUT2D eigenvalue weighted by Gasteiger charge is -2.35. The van der Waals surface area contributed by atoms with Gasteiger partial charge < -0.3 is 19.5 Å². The lowest BCUT2D eigenvalue weighted by molar-refractivity contribution is -0.125. The van der Waals surface area contributed by atoms with Gasteiger partial charge in [0.1, 0.15) is 11.9 Å². The Bertz CT molecular complexity index is 1610. The molecule has 1 aliphatic heterocycles. The van der Waals surface area contributed by atoms with Crippen molar-refractivity contribution in [2.45, 2.75) is 25.4 Å². The number of rotatable bonds is 5. The highest BCUT2D eigenvalue weighted by Gasteiger charge is 2.40. The molecule has 0 saturated heterocycles. The highest BCUT2D eigenvalue weighted by Crippen LogP contribution is 2.42. The molecule has 0 saturated carbocycles. The van der Waals surface area contributed by atoms with Gasteiger partial charge in [-0.2, -0.15) is 0 Å². The molecule has 0 unspecified atom stereocenters. The van der Waals surface area contributed by atoms with E-state index in [1.165, 1.54) is 12.3 Å². The third kappa shape index (κ3) is 4.00. The third-order valence-electron chi connectivity index (χ3n) is 7.42. The summed E-state index contributed by atoms with van der Waals surface area (Å²) in [7, 11) is 3.47. The van der Waals surface area contributed by atoms with Gasteiger partial charge in [-0.3, -0.25) is 19.6 Å². The van der Waals surface area contributed by atoms with Crippen molar-refractivity contribution >= 4 is 34.1 Å². The van der Waals surface area contributed by atoms with Gasteiger partial charge in [0.05, 0.1) is 17.3 Å². The quantitative estimate of drug-likeness (QED) is 0.436. The number of hydrogen-bond donors (Lipinski definition) is 1. The van der Waals surface area contributed by atoms with E-state index >= 15 is 0 Å². The van der Waals surface area contributed by atoms with Crippen LogP contribution in [-0.4, -0.2) is 53.4 Å². The maximum atomic E-state index is 14.7. The number of furan rings is 1. The first-order valence-corrected chi connectivity index (χ1v) is 12.4. The van der Waals surface area contributed by atoms with Gasteiger partial charge in [-0.05, 0) is 53.5 Å². The number of amides is 2. The molecule has 1 N–H and O–H groups in total. The molecular weight excluding hydrogens is 485 g/mol. The number of likely N-dealkylation sites (N-methyl/N-ethyl adjacent to an activating group) is 1. The Kier molecular flexibility index (Phi) is 5.90. The lowest BCUT2D eigenvalue weighted by Crippen LogP contribution is -2.51. The van der Waals surface area contributed by atoms with Crippen LogP contribution in [0.2, 0.25) is 0 Å². The summed E-state index contributed by atoms with van der Waals surface area (Å²) in [6.07, 6.45) is 5.61. The number of halogens is 1. The number of nitrogens with one attached hydrogen (secondary N) is 1. The topological polar surface area (TPSA) is 91.6 Å². The fraction of sp³-hybridized carbons (Fsp3) is 0.241. The first-order chi connectivity index (χ1) is 18.4. The van der Waals surface area contributed by atoms with Crippen LogP contribution in [0.4, 0.5) is 10.1 Å². The highest BCUT2D eigenvalue weighted by atomic mass is 19.1. The highest BCUT2D eigenvalue weighted by molar-refractivity contribution is 5.99. The lowest BCUT2D eigenvalue weighted by atomic mass is 9.92. The van der Waals surface area contributed by atoms with Gasteiger partial charge in [0.15, 0.2) is 5.76 Å². The molecule has 3 heterocycles. The van der Waals surface area contributed by atoms with Crippen molar-refractivity contribution in [1.82, 2.24) is 20.2 Å². The Morgan fingerprint density at radius 1 is 1.16 bits per heavy atom. The van der Waals surface area contributed by atoms with Gasteiger partial charge in [0.25, 0.3) is 5.91 Å². The monoisotopic (exact) mass is 511 g/mol.